The first-order chi connectivity index (χ1) is 5.90. The Morgan fingerprint density at radius 3 is 2.92 bits per heavy atom. The highest BCUT2D eigenvalue weighted by Gasteiger charge is 2.17. The minimum atomic E-state index is 0.485. The second-order valence-corrected chi connectivity index (χ2v) is 3.03. The van der Waals surface area contributed by atoms with Gasteiger partial charge >= 0.3 is 0 Å². The molecule has 2 nitrogen and oxygen atoms in total. The van der Waals surface area contributed by atoms with Gasteiger partial charge in [0.25, 0.3) is 0 Å². The molecule has 1 atom stereocenters. The molecule has 1 fully saturated rings. The summed E-state index contributed by atoms with van der Waals surface area (Å²) < 4.78 is 0. The van der Waals surface area contributed by atoms with Crippen LogP contribution in [-0.4, -0.2) is 6.54 Å². The predicted molar refractivity (Wildman–Crippen MR) is 46.5 cm³/mol. The molecule has 0 aliphatic carbocycles. The van der Waals surface area contributed by atoms with Crippen molar-refractivity contribution in [1.82, 2.24) is 5.32 Å². The van der Waals surface area contributed by atoms with Gasteiger partial charge in [-0.1, -0.05) is 12.1 Å². The van der Waals surface area contributed by atoms with Crippen LogP contribution in [-0.2, 0) is 0 Å². The van der Waals surface area contributed by atoms with Crippen molar-refractivity contribution in [2.24, 2.45) is 0 Å². The summed E-state index contributed by atoms with van der Waals surface area (Å²) in [6.07, 6.45) is 1.19. The average Bonchev–Trinajstić information content (AvgIpc) is 2.02. The van der Waals surface area contributed by atoms with E-state index >= 15 is 0 Å². The first-order valence-corrected chi connectivity index (χ1v) is 4.13. The smallest absolute Gasteiger partial charge is 0.0991 e. The number of benzene rings is 1. The van der Waals surface area contributed by atoms with Gasteiger partial charge in [0.1, 0.15) is 0 Å². The Hall–Kier alpha value is -1.33. The normalized spacial score (nSPS) is 21.1. The highest BCUT2D eigenvalue weighted by molar-refractivity contribution is 5.34. The fourth-order valence-corrected chi connectivity index (χ4v) is 1.40. The van der Waals surface area contributed by atoms with Crippen molar-refractivity contribution < 1.29 is 0 Å². The average molecular weight is 158 g/mol. The van der Waals surface area contributed by atoms with Gasteiger partial charge in [-0.2, -0.15) is 5.26 Å². The fraction of sp³-hybridized carbons (Fsp3) is 0.300. The minimum Gasteiger partial charge on any atom is -0.310 e. The Labute approximate surface area is 71.8 Å². The Bertz CT molecular complexity index is 321. The molecule has 0 saturated carbocycles. The summed E-state index contributed by atoms with van der Waals surface area (Å²) in [5.41, 5.74) is 1.99. The number of nitriles is 1. The molecule has 1 unspecified atom stereocenters. The van der Waals surface area contributed by atoms with Crippen LogP contribution in [0.25, 0.3) is 0 Å². The fourth-order valence-electron chi connectivity index (χ4n) is 1.40. The number of nitrogens with one attached hydrogen (secondary N) is 1. The van der Waals surface area contributed by atoms with E-state index in [0.29, 0.717) is 6.04 Å². The lowest BCUT2D eigenvalue weighted by atomic mass is 9.97. The maximum Gasteiger partial charge on any atom is 0.0991 e. The Morgan fingerprint density at radius 1 is 1.50 bits per heavy atom. The second-order valence-electron chi connectivity index (χ2n) is 3.03. The second kappa shape index (κ2) is 2.96. The molecule has 0 bridgehead atoms. The van der Waals surface area contributed by atoms with Gasteiger partial charge in [-0.25, -0.2) is 0 Å². The molecule has 1 saturated heterocycles. The SMILES string of the molecule is N#Cc1cccc(C2CCN2)c1. The van der Waals surface area contributed by atoms with E-state index in [0.717, 1.165) is 12.1 Å². The molecule has 1 heterocycles. The van der Waals surface area contributed by atoms with Crippen molar-refractivity contribution in [3.63, 3.8) is 0 Å². The van der Waals surface area contributed by atoms with Crippen LogP contribution in [0.5, 0.6) is 0 Å². The molecule has 1 aromatic carbocycles. The highest BCUT2D eigenvalue weighted by atomic mass is 15.0. The van der Waals surface area contributed by atoms with Gasteiger partial charge in [-0.05, 0) is 30.7 Å². The molecule has 2 rings (SSSR count). The molecular weight excluding hydrogens is 148 g/mol. The van der Waals surface area contributed by atoms with Crippen molar-refractivity contribution >= 4 is 0 Å². The predicted octanol–water partition coefficient (Wildman–Crippen LogP) is 1.59. The van der Waals surface area contributed by atoms with Gasteiger partial charge in [0, 0.05) is 6.04 Å². The molecule has 1 aliphatic heterocycles. The third-order valence-corrected chi connectivity index (χ3v) is 2.24. The van der Waals surface area contributed by atoms with Crippen LogP contribution in [0.4, 0.5) is 0 Å². The standard InChI is InChI=1S/C10H10N2/c11-7-8-2-1-3-9(6-8)10-4-5-12-10/h1-3,6,10,12H,4-5H2. The van der Waals surface area contributed by atoms with Gasteiger partial charge in [0.2, 0.25) is 0 Å². The van der Waals surface area contributed by atoms with E-state index in [9.17, 15) is 0 Å². The van der Waals surface area contributed by atoms with Gasteiger partial charge < -0.3 is 5.32 Å². The molecule has 60 valence electrons. The molecule has 0 radical (unpaired) electrons. The molecule has 0 amide bonds. The largest absolute Gasteiger partial charge is 0.310 e. The van der Waals surface area contributed by atoms with Crippen molar-refractivity contribution in [2.45, 2.75) is 12.5 Å². The van der Waals surface area contributed by atoms with Crippen LogP contribution < -0.4 is 5.32 Å². The topological polar surface area (TPSA) is 35.8 Å². The first-order valence-electron chi connectivity index (χ1n) is 4.13. The van der Waals surface area contributed by atoms with Gasteiger partial charge in [0.05, 0.1) is 11.6 Å². The van der Waals surface area contributed by atoms with E-state index < -0.39 is 0 Å². The maximum absolute atomic E-state index is 8.66. The van der Waals surface area contributed by atoms with Crippen LogP contribution in [0, 0.1) is 11.3 Å². The highest BCUT2D eigenvalue weighted by Crippen LogP contribution is 2.22. The van der Waals surface area contributed by atoms with Crippen LogP contribution in [0.2, 0.25) is 0 Å². The summed E-state index contributed by atoms with van der Waals surface area (Å²) in [6.45, 7) is 1.10. The van der Waals surface area contributed by atoms with Crippen LogP contribution in [0.1, 0.15) is 23.6 Å². The number of nitrogens with zero attached hydrogens (tertiary/aromatic N) is 1. The number of rotatable bonds is 1. The van der Waals surface area contributed by atoms with Crippen molar-refractivity contribution in [3.05, 3.63) is 35.4 Å². The monoisotopic (exact) mass is 158 g/mol. The van der Waals surface area contributed by atoms with Crippen LogP contribution in [0.15, 0.2) is 24.3 Å². The zero-order valence-electron chi connectivity index (χ0n) is 6.75. The van der Waals surface area contributed by atoms with E-state index in [2.05, 4.69) is 17.5 Å². The zero-order valence-corrected chi connectivity index (χ0v) is 6.75. The molecule has 0 spiro atoms. The molecule has 12 heavy (non-hydrogen) atoms. The number of hydrogen-bond donors (Lipinski definition) is 1. The Balaban J connectivity index is 2.27. The maximum atomic E-state index is 8.66. The zero-order chi connectivity index (χ0) is 8.39. The van der Waals surface area contributed by atoms with Crippen molar-refractivity contribution in [3.8, 4) is 6.07 Å². The summed E-state index contributed by atoms with van der Waals surface area (Å²) >= 11 is 0. The minimum absolute atomic E-state index is 0.485. The van der Waals surface area contributed by atoms with E-state index in [4.69, 9.17) is 5.26 Å². The molecule has 1 aromatic rings. The first kappa shape index (κ1) is 7.33. The third-order valence-electron chi connectivity index (χ3n) is 2.24. The summed E-state index contributed by atoms with van der Waals surface area (Å²) in [5, 5.41) is 12.0. The van der Waals surface area contributed by atoms with E-state index in [1.165, 1.54) is 12.0 Å². The third kappa shape index (κ3) is 1.19. The Morgan fingerprint density at radius 2 is 2.33 bits per heavy atom. The van der Waals surface area contributed by atoms with E-state index in [-0.39, 0.29) is 0 Å². The summed E-state index contributed by atoms with van der Waals surface area (Å²) in [7, 11) is 0. The van der Waals surface area contributed by atoms with Crippen molar-refractivity contribution in [2.75, 3.05) is 6.54 Å². The summed E-state index contributed by atoms with van der Waals surface area (Å²) in [4.78, 5) is 0. The van der Waals surface area contributed by atoms with E-state index in [1.807, 2.05) is 18.2 Å². The number of hydrogen-bond acceptors (Lipinski definition) is 2. The van der Waals surface area contributed by atoms with Crippen molar-refractivity contribution in [1.29, 1.82) is 5.26 Å². The van der Waals surface area contributed by atoms with E-state index in [1.54, 1.807) is 0 Å². The molecule has 0 aromatic heterocycles. The van der Waals surface area contributed by atoms with Gasteiger partial charge in [-0.3, -0.25) is 0 Å². The quantitative estimate of drug-likeness (QED) is 0.673. The lowest BCUT2D eigenvalue weighted by Gasteiger charge is -2.27. The van der Waals surface area contributed by atoms with Gasteiger partial charge in [0.15, 0.2) is 0 Å². The van der Waals surface area contributed by atoms with Crippen LogP contribution in [0.3, 0.4) is 0 Å². The lowest BCUT2D eigenvalue weighted by Crippen LogP contribution is -2.34. The summed E-state index contributed by atoms with van der Waals surface area (Å²) in [5.74, 6) is 0. The summed E-state index contributed by atoms with van der Waals surface area (Å²) in [6, 6.07) is 10.4. The van der Waals surface area contributed by atoms with Gasteiger partial charge in [-0.15, -0.1) is 0 Å². The molecule has 1 N–H and O–H groups in total. The lowest BCUT2D eigenvalue weighted by molar-refractivity contribution is 0.383. The molecule has 2 heteroatoms. The van der Waals surface area contributed by atoms with Crippen LogP contribution >= 0.6 is 0 Å². The Kier molecular flexibility index (Phi) is 1.81. The molecule has 1 aliphatic rings. The molecular formula is C10H10N2.